The van der Waals surface area contributed by atoms with Gasteiger partial charge in [-0.3, -0.25) is 0 Å². The molecule has 112 valence electrons. The van der Waals surface area contributed by atoms with Crippen LogP contribution in [-0.2, 0) is 19.4 Å². The summed E-state index contributed by atoms with van der Waals surface area (Å²) >= 11 is 1.76. The van der Waals surface area contributed by atoms with E-state index in [4.69, 9.17) is 15.5 Å². The fourth-order valence-electron chi connectivity index (χ4n) is 2.53. The predicted octanol–water partition coefficient (Wildman–Crippen LogP) is 3.66. The van der Waals surface area contributed by atoms with Crippen molar-refractivity contribution in [1.29, 1.82) is 0 Å². The number of rotatable bonds is 7. The Bertz CT molecular complexity index is 605. The molecule has 0 radical (unpaired) electrons. The van der Waals surface area contributed by atoms with E-state index < -0.39 is 0 Å². The fourth-order valence-corrected chi connectivity index (χ4v) is 3.54. The fraction of sp³-hybridized carbons (Fsp3) is 0.471. The van der Waals surface area contributed by atoms with Gasteiger partial charge < -0.3 is 10.5 Å². The molecule has 4 heteroatoms. The highest BCUT2D eigenvalue weighted by Crippen LogP contribution is 2.42. The summed E-state index contributed by atoms with van der Waals surface area (Å²) < 4.78 is 5.93. The van der Waals surface area contributed by atoms with Gasteiger partial charge in [-0.2, -0.15) is 0 Å². The quantitative estimate of drug-likeness (QED) is 0.849. The minimum absolute atomic E-state index is 0.614. The molecule has 0 atom stereocenters. The second-order valence-corrected chi connectivity index (χ2v) is 6.62. The lowest BCUT2D eigenvalue weighted by Gasteiger charge is -2.09. The highest BCUT2D eigenvalue weighted by molar-refractivity contribution is 7.11. The molecule has 0 unspecified atom stereocenters. The number of aryl methyl sites for hydroxylation is 1. The van der Waals surface area contributed by atoms with E-state index in [0.717, 1.165) is 23.6 Å². The molecule has 1 aliphatic rings. The topological polar surface area (TPSA) is 48.1 Å². The summed E-state index contributed by atoms with van der Waals surface area (Å²) in [6, 6.07) is 8.25. The first-order valence-electron chi connectivity index (χ1n) is 7.71. The van der Waals surface area contributed by atoms with Crippen LogP contribution in [0.25, 0.3) is 0 Å². The van der Waals surface area contributed by atoms with Crippen LogP contribution in [0.4, 0.5) is 0 Å². The van der Waals surface area contributed by atoms with Crippen molar-refractivity contribution in [3.05, 3.63) is 45.4 Å². The van der Waals surface area contributed by atoms with Crippen LogP contribution in [0, 0.1) is 0 Å². The first-order valence-corrected chi connectivity index (χ1v) is 8.52. The SMILES string of the molecule is CCc1ccccc1OCCc1nc(C2CC2)c(CN)s1. The molecule has 0 saturated heterocycles. The van der Waals surface area contributed by atoms with Crippen LogP contribution in [0.15, 0.2) is 24.3 Å². The second kappa shape index (κ2) is 6.58. The Labute approximate surface area is 130 Å². The molecule has 0 aliphatic heterocycles. The zero-order valence-electron chi connectivity index (χ0n) is 12.5. The first-order chi connectivity index (χ1) is 10.3. The maximum Gasteiger partial charge on any atom is 0.122 e. The lowest BCUT2D eigenvalue weighted by Crippen LogP contribution is -2.03. The normalized spacial score (nSPS) is 14.4. The molecule has 2 aromatic rings. The lowest BCUT2D eigenvalue weighted by molar-refractivity contribution is 0.318. The summed E-state index contributed by atoms with van der Waals surface area (Å²) in [5, 5.41) is 1.16. The van der Waals surface area contributed by atoms with E-state index in [9.17, 15) is 0 Å². The summed E-state index contributed by atoms with van der Waals surface area (Å²) in [6.45, 7) is 3.44. The van der Waals surface area contributed by atoms with Gasteiger partial charge in [0.1, 0.15) is 5.75 Å². The standard InChI is InChI=1S/C17H22N2OS/c1-2-12-5-3-4-6-14(12)20-10-9-16-19-17(13-7-8-13)15(11-18)21-16/h3-6,13H,2,7-11,18H2,1H3. The molecular formula is C17H22N2OS. The van der Waals surface area contributed by atoms with Gasteiger partial charge in [-0.15, -0.1) is 11.3 Å². The molecule has 1 aromatic carbocycles. The summed E-state index contributed by atoms with van der Waals surface area (Å²) in [5.41, 5.74) is 8.34. The number of nitrogens with two attached hydrogens (primary N) is 1. The van der Waals surface area contributed by atoms with E-state index in [2.05, 4.69) is 19.1 Å². The van der Waals surface area contributed by atoms with Gasteiger partial charge >= 0.3 is 0 Å². The molecule has 0 spiro atoms. The predicted molar refractivity (Wildman–Crippen MR) is 87.0 cm³/mol. The van der Waals surface area contributed by atoms with Gasteiger partial charge in [-0.05, 0) is 30.9 Å². The number of ether oxygens (including phenoxy) is 1. The van der Waals surface area contributed by atoms with Crippen molar-refractivity contribution < 1.29 is 4.74 Å². The van der Waals surface area contributed by atoms with Crippen molar-refractivity contribution in [3.8, 4) is 5.75 Å². The number of hydrogen-bond acceptors (Lipinski definition) is 4. The Kier molecular flexibility index (Phi) is 4.56. The Morgan fingerprint density at radius 3 is 2.86 bits per heavy atom. The number of nitrogens with zero attached hydrogens (tertiary/aromatic N) is 1. The van der Waals surface area contributed by atoms with Gasteiger partial charge in [-0.25, -0.2) is 4.98 Å². The molecule has 0 bridgehead atoms. The lowest BCUT2D eigenvalue weighted by atomic mass is 10.1. The second-order valence-electron chi connectivity index (χ2n) is 5.45. The van der Waals surface area contributed by atoms with Crippen molar-refractivity contribution in [2.75, 3.05) is 6.61 Å². The third-order valence-electron chi connectivity index (χ3n) is 3.85. The average Bonchev–Trinajstić information content (AvgIpc) is 3.28. The van der Waals surface area contributed by atoms with Crippen molar-refractivity contribution in [1.82, 2.24) is 4.98 Å². The van der Waals surface area contributed by atoms with Crippen LogP contribution in [0.5, 0.6) is 5.75 Å². The van der Waals surface area contributed by atoms with E-state index in [1.807, 2.05) is 12.1 Å². The number of aromatic nitrogens is 1. The molecular weight excluding hydrogens is 280 g/mol. The molecule has 1 aromatic heterocycles. The Balaban J connectivity index is 1.60. The summed E-state index contributed by atoms with van der Waals surface area (Å²) in [6.07, 6.45) is 4.41. The third kappa shape index (κ3) is 3.44. The summed E-state index contributed by atoms with van der Waals surface area (Å²) in [5.74, 6) is 1.67. The number of hydrogen-bond donors (Lipinski definition) is 1. The van der Waals surface area contributed by atoms with Crippen LogP contribution in [-0.4, -0.2) is 11.6 Å². The zero-order valence-corrected chi connectivity index (χ0v) is 13.3. The Hall–Kier alpha value is -1.39. The minimum atomic E-state index is 0.614. The average molecular weight is 302 g/mol. The van der Waals surface area contributed by atoms with Crippen LogP contribution < -0.4 is 10.5 Å². The number of thiazole rings is 1. The summed E-state index contributed by atoms with van der Waals surface area (Å²) in [4.78, 5) is 6.04. The number of para-hydroxylation sites is 1. The molecule has 21 heavy (non-hydrogen) atoms. The monoisotopic (exact) mass is 302 g/mol. The molecule has 3 nitrogen and oxygen atoms in total. The van der Waals surface area contributed by atoms with Crippen molar-refractivity contribution in [2.45, 2.75) is 45.1 Å². The van der Waals surface area contributed by atoms with E-state index >= 15 is 0 Å². The van der Waals surface area contributed by atoms with Crippen LogP contribution in [0.3, 0.4) is 0 Å². The molecule has 1 saturated carbocycles. The van der Waals surface area contributed by atoms with Crippen molar-refractivity contribution in [3.63, 3.8) is 0 Å². The van der Waals surface area contributed by atoms with Gasteiger partial charge in [0.2, 0.25) is 0 Å². The van der Waals surface area contributed by atoms with Crippen LogP contribution in [0.1, 0.15) is 46.8 Å². The van der Waals surface area contributed by atoms with Crippen molar-refractivity contribution in [2.24, 2.45) is 5.73 Å². The molecule has 1 aliphatic carbocycles. The Morgan fingerprint density at radius 1 is 1.33 bits per heavy atom. The minimum Gasteiger partial charge on any atom is -0.493 e. The third-order valence-corrected chi connectivity index (χ3v) is 5.00. The maximum absolute atomic E-state index is 5.93. The number of benzene rings is 1. The smallest absolute Gasteiger partial charge is 0.122 e. The molecule has 1 heterocycles. The first kappa shape index (κ1) is 14.5. The molecule has 0 amide bonds. The van der Waals surface area contributed by atoms with E-state index in [1.54, 1.807) is 11.3 Å². The van der Waals surface area contributed by atoms with Crippen LogP contribution in [0.2, 0.25) is 0 Å². The largest absolute Gasteiger partial charge is 0.493 e. The Morgan fingerprint density at radius 2 is 2.14 bits per heavy atom. The van der Waals surface area contributed by atoms with Crippen molar-refractivity contribution >= 4 is 11.3 Å². The van der Waals surface area contributed by atoms with E-state index in [1.165, 1.54) is 29.0 Å². The van der Waals surface area contributed by atoms with Crippen LogP contribution >= 0.6 is 11.3 Å². The summed E-state index contributed by atoms with van der Waals surface area (Å²) in [7, 11) is 0. The molecule has 3 rings (SSSR count). The van der Waals surface area contributed by atoms with Gasteiger partial charge in [0.05, 0.1) is 17.3 Å². The highest BCUT2D eigenvalue weighted by Gasteiger charge is 2.29. The van der Waals surface area contributed by atoms with Gasteiger partial charge in [0, 0.05) is 23.8 Å². The van der Waals surface area contributed by atoms with Gasteiger partial charge in [-0.1, -0.05) is 25.1 Å². The van der Waals surface area contributed by atoms with E-state index in [0.29, 0.717) is 19.1 Å². The van der Waals surface area contributed by atoms with Gasteiger partial charge in [0.15, 0.2) is 0 Å². The maximum atomic E-state index is 5.93. The molecule has 1 fully saturated rings. The van der Waals surface area contributed by atoms with Gasteiger partial charge in [0.25, 0.3) is 0 Å². The zero-order chi connectivity index (χ0) is 14.7. The van der Waals surface area contributed by atoms with E-state index in [-0.39, 0.29) is 0 Å². The highest BCUT2D eigenvalue weighted by atomic mass is 32.1. The molecule has 2 N–H and O–H groups in total.